The number of benzene rings is 1. The van der Waals surface area contributed by atoms with E-state index < -0.39 is 9.84 Å². The molecule has 1 fully saturated rings. The minimum atomic E-state index is -3.05. The predicted octanol–water partition coefficient (Wildman–Crippen LogP) is 1.41. The topological polar surface area (TPSA) is 57.7 Å². The van der Waals surface area contributed by atoms with Crippen LogP contribution in [0.15, 0.2) is 29.2 Å². The van der Waals surface area contributed by atoms with E-state index in [-0.39, 0.29) is 35.0 Å². The molecule has 1 saturated heterocycles. The summed E-state index contributed by atoms with van der Waals surface area (Å²) in [7, 11) is 0.407. The summed E-state index contributed by atoms with van der Waals surface area (Å²) >= 11 is 1.31. The maximum absolute atomic E-state index is 12.8. The minimum Gasteiger partial charge on any atom is -0.272 e. The van der Waals surface area contributed by atoms with E-state index in [9.17, 15) is 17.6 Å². The van der Waals surface area contributed by atoms with Gasteiger partial charge in [-0.15, -0.1) is 11.8 Å². The number of sulfone groups is 1. The van der Waals surface area contributed by atoms with Gasteiger partial charge in [0.1, 0.15) is 5.82 Å². The normalized spacial score (nSPS) is 20.3. The Bertz CT molecular complexity index is 632. The highest BCUT2D eigenvalue weighted by Gasteiger charge is 2.35. The molecule has 2 rings (SSSR count). The first-order chi connectivity index (χ1) is 10.3. The third-order valence-electron chi connectivity index (χ3n) is 3.42. The largest absolute Gasteiger partial charge is 0.272 e. The lowest BCUT2D eigenvalue weighted by Gasteiger charge is -2.33. The van der Waals surface area contributed by atoms with Crippen molar-refractivity contribution < 1.29 is 17.6 Å². The molecule has 0 unspecified atom stereocenters. The van der Waals surface area contributed by atoms with Crippen LogP contribution in [0.5, 0.6) is 0 Å². The molecule has 0 radical (unpaired) electrons. The second kappa shape index (κ2) is 6.97. The van der Waals surface area contributed by atoms with Crippen molar-refractivity contribution in [2.24, 2.45) is 0 Å². The van der Waals surface area contributed by atoms with Gasteiger partial charge >= 0.3 is 0 Å². The number of thioether (sulfide) groups is 1. The van der Waals surface area contributed by atoms with Crippen LogP contribution in [0.4, 0.5) is 4.39 Å². The highest BCUT2D eigenvalue weighted by Crippen LogP contribution is 2.22. The van der Waals surface area contributed by atoms with Crippen LogP contribution in [0.25, 0.3) is 0 Å². The molecule has 1 aromatic carbocycles. The minimum absolute atomic E-state index is 0.0120. The number of hydrogen-bond acceptors (Lipinski definition) is 5. The van der Waals surface area contributed by atoms with Crippen molar-refractivity contribution >= 4 is 27.5 Å². The van der Waals surface area contributed by atoms with Gasteiger partial charge in [-0.25, -0.2) is 17.8 Å². The molecule has 22 heavy (non-hydrogen) atoms. The van der Waals surface area contributed by atoms with E-state index in [1.54, 1.807) is 31.2 Å². The Labute approximate surface area is 134 Å². The van der Waals surface area contributed by atoms with Crippen molar-refractivity contribution in [3.8, 4) is 0 Å². The Hall–Kier alpha value is -1.12. The monoisotopic (exact) mass is 346 g/mol. The van der Waals surface area contributed by atoms with E-state index >= 15 is 0 Å². The Morgan fingerprint density at radius 2 is 1.95 bits per heavy atom. The molecule has 1 aromatic rings. The fourth-order valence-electron chi connectivity index (χ4n) is 2.46. The highest BCUT2D eigenvalue weighted by molar-refractivity contribution is 8.00. The number of hydrogen-bond donors (Lipinski definition) is 0. The van der Waals surface area contributed by atoms with Gasteiger partial charge in [0.25, 0.3) is 0 Å². The number of amides is 1. The van der Waals surface area contributed by atoms with Crippen LogP contribution in [-0.2, 0) is 14.6 Å². The third-order valence-corrected chi connectivity index (χ3v) is 6.16. The summed E-state index contributed by atoms with van der Waals surface area (Å²) in [4.78, 5) is 13.2. The van der Waals surface area contributed by atoms with Crippen molar-refractivity contribution in [3.63, 3.8) is 0 Å². The summed E-state index contributed by atoms with van der Waals surface area (Å²) in [5, 5.41) is 3.15. The summed E-state index contributed by atoms with van der Waals surface area (Å²) in [6.07, 6.45) is 0.466. The van der Waals surface area contributed by atoms with E-state index in [1.165, 1.54) is 28.9 Å². The first-order valence-electron chi connectivity index (χ1n) is 6.86. The molecule has 0 spiro atoms. The van der Waals surface area contributed by atoms with E-state index in [0.717, 1.165) is 4.90 Å². The van der Waals surface area contributed by atoms with Gasteiger partial charge in [0.05, 0.1) is 23.3 Å². The van der Waals surface area contributed by atoms with Gasteiger partial charge < -0.3 is 0 Å². The smallest absolute Gasteiger partial charge is 0.247 e. The number of nitrogens with zero attached hydrogens (tertiary/aromatic N) is 2. The summed E-state index contributed by atoms with van der Waals surface area (Å²) in [5.74, 6) is -0.151. The fourth-order valence-corrected chi connectivity index (χ4v) is 4.91. The van der Waals surface area contributed by atoms with Crippen LogP contribution in [0.2, 0.25) is 0 Å². The van der Waals surface area contributed by atoms with Crippen LogP contribution >= 0.6 is 11.8 Å². The number of rotatable bonds is 5. The van der Waals surface area contributed by atoms with Crippen LogP contribution in [0.3, 0.4) is 0 Å². The molecule has 8 heteroatoms. The standard InChI is InChI=1S/C14H19FN2O3S2/c1-16(2)17(12-7-8-22(19,20)10-12)14(18)9-21-13-5-3-11(15)4-6-13/h3-6,12H,7-10H2,1-2H3/t12-/m1/s1. The first kappa shape index (κ1) is 17.2. The molecule has 0 bridgehead atoms. The van der Waals surface area contributed by atoms with Crippen molar-refractivity contribution in [1.29, 1.82) is 0 Å². The van der Waals surface area contributed by atoms with Gasteiger partial charge in [0.2, 0.25) is 5.91 Å². The summed E-state index contributed by atoms with van der Waals surface area (Å²) < 4.78 is 36.1. The Morgan fingerprint density at radius 1 is 1.32 bits per heavy atom. The average Bonchev–Trinajstić information content (AvgIpc) is 2.78. The highest BCUT2D eigenvalue weighted by atomic mass is 32.2. The fraction of sp³-hybridized carbons (Fsp3) is 0.500. The van der Waals surface area contributed by atoms with Gasteiger partial charge in [-0.1, -0.05) is 0 Å². The molecule has 122 valence electrons. The van der Waals surface area contributed by atoms with E-state index in [4.69, 9.17) is 0 Å². The lowest BCUT2D eigenvalue weighted by Crippen LogP contribution is -2.50. The average molecular weight is 346 g/mol. The van der Waals surface area contributed by atoms with E-state index in [0.29, 0.717) is 6.42 Å². The lowest BCUT2D eigenvalue weighted by molar-refractivity contribution is -0.145. The summed E-state index contributed by atoms with van der Waals surface area (Å²) in [6.45, 7) is 0. The molecule has 0 aliphatic carbocycles. The molecule has 1 aliphatic rings. The van der Waals surface area contributed by atoms with Crippen LogP contribution in [0, 0.1) is 5.82 Å². The third kappa shape index (κ3) is 4.44. The zero-order valence-electron chi connectivity index (χ0n) is 12.5. The van der Waals surface area contributed by atoms with Gasteiger partial charge in [-0.3, -0.25) is 9.80 Å². The first-order valence-corrected chi connectivity index (χ1v) is 9.67. The van der Waals surface area contributed by atoms with Crippen LogP contribution in [0.1, 0.15) is 6.42 Å². The molecule has 1 aliphatic heterocycles. The Balaban J connectivity index is 2.00. The van der Waals surface area contributed by atoms with Crippen molar-refractivity contribution in [3.05, 3.63) is 30.1 Å². The summed E-state index contributed by atoms with van der Waals surface area (Å²) in [6, 6.07) is 5.63. The number of halogens is 1. The van der Waals surface area contributed by atoms with Crippen LogP contribution < -0.4 is 0 Å². The molecule has 5 nitrogen and oxygen atoms in total. The van der Waals surface area contributed by atoms with Crippen molar-refractivity contribution in [1.82, 2.24) is 10.0 Å². The van der Waals surface area contributed by atoms with Gasteiger partial charge in [0, 0.05) is 19.0 Å². The van der Waals surface area contributed by atoms with Crippen molar-refractivity contribution in [2.45, 2.75) is 17.4 Å². The molecule has 1 amide bonds. The van der Waals surface area contributed by atoms with Gasteiger partial charge in [0.15, 0.2) is 9.84 Å². The zero-order valence-corrected chi connectivity index (χ0v) is 14.2. The molecule has 1 heterocycles. The number of carbonyl (C=O) groups excluding carboxylic acids is 1. The zero-order chi connectivity index (χ0) is 16.3. The predicted molar refractivity (Wildman–Crippen MR) is 84.7 cm³/mol. The number of hydrazine groups is 1. The maximum atomic E-state index is 12.8. The molecule has 0 saturated carbocycles. The van der Waals surface area contributed by atoms with Crippen LogP contribution in [-0.4, -0.2) is 61.7 Å². The quantitative estimate of drug-likeness (QED) is 0.596. The number of carbonyl (C=O) groups is 1. The second-order valence-corrected chi connectivity index (χ2v) is 8.66. The lowest BCUT2D eigenvalue weighted by atomic mass is 10.2. The Kier molecular flexibility index (Phi) is 5.46. The Morgan fingerprint density at radius 3 is 2.45 bits per heavy atom. The van der Waals surface area contributed by atoms with E-state index in [1.807, 2.05) is 0 Å². The van der Waals surface area contributed by atoms with E-state index in [2.05, 4.69) is 0 Å². The second-order valence-electron chi connectivity index (χ2n) is 5.38. The molecule has 0 N–H and O–H groups in total. The summed E-state index contributed by atoms with van der Waals surface area (Å²) in [5.41, 5.74) is 0. The molecule has 1 atom stereocenters. The maximum Gasteiger partial charge on any atom is 0.247 e. The van der Waals surface area contributed by atoms with Gasteiger partial charge in [-0.05, 0) is 30.7 Å². The molecular formula is C14H19FN2O3S2. The molecule has 0 aromatic heterocycles. The SMILES string of the molecule is CN(C)N(C(=O)CSc1ccc(F)cc1)[C@@H]1CCS(=O)(=O)C1. The van der Waals surface area contributed by atoms with Crippen molar-refractivity contribution in [2.75, 3.05) is 31.4 Å². The van der Waals surface area contributed by atoms with Gasteiger partial charge in [-0.2, -0.15) is 0 Å². The molecular weight excluding hydrogens is 327 g/mol.